The molecule has 192 valence electrons. The van der Waals surface area contributed by atoms with E-state index >= 15 is 0 Å². The lowest BCUT2D eigenvalue weighted by Crippen LogP contribution is -2.44. The van der Waals surface area contributed by atoms with E-state index in [1.165, 1.54) is 6.08 Å². The number of aliphatic hydroxyl groups excluding tert-OH is 3. The van der Waals surface area contributed by atoms with Gasteiger partial charge < -0.3 is 20.1 Å². The largest absolute Gasteiger partial charge is 0.417 e. The van der Waals surface area contributed by atoms with Crippen LogP contribution in [0.4, 0.5) is 26.3 Å². The molecule has 1 aromatic heterocycles. The van der Waals surface area contributed by atoms with Gasteiger partial charge in [-0.15, -0.1) is 0 Å². The zero-order valence-electron chi connectivity index (χ0n) is 18.0. The summed E-state index contributed by atoms with van der Waals surface area (Å²) in [5.74, 6) is -0.977. The average molecular weight is 508 g/mol. The number of hydrogen-bond acceptors (Lipinski definition) is 7. The molecule has 3 rings (SSSR count). The van der Waals surface area contributed by atoms with Gasteiger partial charge in [-0.25, -0.2) is 0 Å². The third kappa shape index (κ3) is 6.15. The number of pyridine rings is 1. The molecule has 5 atom stereocenters. The summed E-state index contributed by atoms with van der Waals surface area (Å²) >= 11 is 0. The van der Waals surface area contributed by atoms with Crippen molar-refractivity contribution in [3.63, 3.8) is 0 Å². The van der Waals surface area contributed by atoms with Gasteiger partial charge in [0.15, 0.2) is 0 Å². The zero-order valence-corrected chi connectivity index (χ0v) is 18.0. The molecule has 2 aliphatic rings. The zero-order chi connectivity index (χ0) is 26.0. The number of rotatable bonds is 5. The molecule has 35 heavy (non-hydrogen) atoms. The Morgan fingerprint density at radius 2 is 1.80 bits per heavy atom. The van der Waals surface area contributed by atoms with Crippen molar-refractivity contribution >= 4 is 5.57 Å². The minimum atomic E-state index is -4.88. The lowest BCUT2D eigenvalue weighted by molar-refractivity contribution is -0.137. The summed E-state index contributed by atoms with van der Waals surface area (Å²) in [6.45, 7) is -0.935. The van der Waals surface area contributed by atoms with Gasteiger partial charge in [0.1, 0.15) is 12.1 Å². The van der Waals surface area contributed by atoms with Gasteiger partial charge in [-0.05, 0) is 35.8 Å². The molecule has 7 nitrogen and oxygen atoms in total. The SMILES string of the molecule is O=N[C@H]1[C@H](O)[C@@H](CO)CO[C@H](CC2=C(C(F)(F)F)C=C(c3ccc(C(F)(F)F)cn3)CC=C2)[C@H]1O. The Labute approximate surface area is 195 Å². The van der Waals surface area contributed by atoms with Gasteiger partial charge in [-0.3, -0.25) is 4.98 Å². The topological polar surface area (TPSA) is 112 Å². The van der Waals surface area contributed by atoms with Crippen molar-refractivity contribution < 1.29 is 46.4 Å². The second kappa shape index (κ2) is 10.6. The highest BCUT2D eigenvalue weighted by Crippen LogP contribution is 2.38. The van der Waals surface area contributed by atoms with Crippen LogP contribution in [0.3, 0.4) is 0 Å². The molecule has 0 saturated carbocycles. The number of alkyl halides is 6. The molecular formula is C22H22F6N2O5. The second-order valence-corrected chi connectivity index (χ2v) is 8.24. The standard InChI is InChI=1S/C22H22F6N2O5/c23-21(24,25)14-4-5-16(29-8-14)12-3-1-2-11(15(6-12)22(26,27)28)7-17-20(33)18(30-34)19(32)13(9-31)10-35-17/h1-2,4-6,8,13,17-20,31-33H,3,7,9-10H2/t13-,17+,18-,19+,20+/m0/s1. The molecule has 1 aliphatic carbocycles. The molecule has 3 N–H and O–H groups in total. The van der Waals surface area contributed by atoms with Crippen molar-refractivity contribution in [2.75, 3.05) is 13.2 Å². The monoisotopic (exact) mass is 508 g/mol. The van der Waals surface area contributed by atoms with Crippen molar-refractivity contribution in [1.29, 1.82) is 0 Å². The van der Waals surface area contributed by atoms with E-state index in [2.05, 4.69) is 10.2 Å². The minimum Gasteiger partial charge on any atom is -0.396 e. The van der Waals surface area contributed by atoms with E-state index in [1.54, 1.807) is 0 Å². The number of halogens is 6. The fraction of sp³-hybridized carbons (Fsp3) is 0.500. The van der Waals surface area contributed by atoms with E-state index < -0.39 is 66.8 Å². The van der Waals surface area contributed by atoms with E-state index in [9.17, 15) is 46.6 Å². The van der Waals surface area contributed by atoms with Crippen LogP contribution in [0.1, 0.15) is 24.1 Å². The molecule has 0 spiro atoms. The third-order valence-electron chi connectivity index (χ3n) is 5.91. The Morgan fingerprint density at radius 1 is 1.09 bits per heavy atom. The number of ether oxygens (including phenoxy) is 1. The van der Waals surface area contributed by atoms with Crippen LogP contribution < -0.4 is 0 Å². The summed E-state index contributed by atoms with van der Waals surface area (Å²) in [5.41, 5.74) is -2.54. The Kier molecular flexibility index (Phi) is 8.14. The second-order valence-electron chi connectivity index (χ2n) is 8.24. The van der Waals surface area contributed by atoms with E-state index in [1.807, 2.05) is 0 Å². The van der Waals surface area contributed by atoms with Crippen molar-refractivity contribution in [3.8, 4) is 0 Å². The lowest BCUT2D eigenvalue weighted by atomic mass is 9.91. The maximum Gasteiger partial charge on any atom is 0.417 e. The summed E-state index contributed by atoms with van der Waals surface area (Å²) < 4.78 is 85.8. The third-order valence-corrected chi connectivity index (χ3v) is 5.91. The first kappa shape index (κ1) is 27.0. The van der Waals surface area contributed by atoms with Crippen LogP contribution >= 0.6 is 0 Å². The van der Waals surface area contributed by atoms with Crippen molar-refractivity contribution in [2.24, 2.45) is 11.1 Å². The van der Waals surface area contributed by atoms with Gasteiger partial charge in [-0.2, -0.15) is 31.2 Å². The molecule has 0 aromatic carbocycles. The molecular weight excluding hydrogens is 486 g/mol. The summed E-state index contributed by atoms with van der Waals surface area (Å²) in [6.07, 6.45) is -11.0. The van der Waals surface area contributed by atoms with Crippen LogP contribution in [0, 0.1) is 10.8 Å². The Balaban J connectivity index is 1.97. The van der Waals surface area contributed by atoms with Gasteiger partial charge in [0.25, 0.3) is 0 Å². The van der Waals surface area contributed by atoms with Gasteiger partial charge in [0.05, 0.1) is 42.3 Å². The van der Waals surface area contributed by atoms with Crippen LogP contribution in [0.5, 0.6) is 0 Å². The van der Waals surface area contributed by atoms with Crippen molar-refractivity contribution in [3.05, 3.63) is 63.9 Å². The molecule has 0 unspecified atom stereocenters. The normalized spacial score (nSPS) is 28.4. The summed E-state index contributed by atoms with van der Waals surface area (Å²) in [6, 6.07) is 0.0730. The van der Waals surface area contributed by atoms with Crippen molar-refractivity contribution in [2.45, 2.75) is 49.5 Å². The van der Waals surface area contributed by atoms with Crippen LogP contribution in [0.15, 0.2) is 52.9 Å². The predicted octanol–water partition coefficient (Wildman–Crippen LogP) is 3.56. The number of allylic oxidation sites excluding steroid dienone is 5. The molecule has 1 aromatic rings. The van der Waals surface area contributed by atoms with Crippen LogP contribution in [-0.2, 0) is 10.9 Å². The molecule has 2 heterocycles. The van der Waals surface area contributed by atoms with E-state index in [0.29, 0.717) is 6.20 Å². The maximum atomic E-state index is 14.0. The van der Waals surface area contributed by atoms with Gasteiger partial charge in [-0.1, -0.05) is 17.3 Å². The quantitative estimate of drug-likeness (QED) is 0.414. The summed E-state index contributed by atoms with van der Waals surface area (Å²) in [4.78, 5) is 14.9. The molecule has 0 bridgehead atoms. The van der Waals surface area contributed by atoms with Crippen LogP contribution in [0.2, 0.25) is 0 Å². The minimum absolute atomic E-state index is 0.0165. The highest BCUT2D eigenvalue weighted by atomic mass is 19.4. The van der Waals surface area contributed by atoms with Gasteiger partial charge in [0, 0.05) is 18.5 Å². The first-order valence-electron chi connectivity index (χ1n) is 10.5. The van der Waals surface area contributed by atoms with E-state index in [4.69, 9.17) is 4.74 Å². The fourth-order valence-corrected chi connectivity index (χ4v) is 3.94. The Hall–Kier alpha value is -2.61. The number of nitroso groups, excluding NO2 is 1. The smallest absolute Gasteiger partial charge is 0.396 e. The molecule has 0 radical (unpaired) electrons. The Morgan fingerprint density at radius 3 is 2.34 bits per heavy atom. The number of hydrogen-bond donors (Lipinski definition) is 3. The number of nitrogens with zero attached hydrogens (tertiary/aromatic N) is 2. The van der Waals surface area contributed by atoms with Gasteiger partial charge >= 0.3 is 12.4 Å². The Bertz CT molecular complexity index is 1000. The molecule has 1 saturated heterocycles. The average Bonchev–Trinajstić information content (AvgIpc) is 3.06. The predicted molar refractivity (Wildman–Crippen MR) is 111 cm³/mol. The number of aromatic nitrogens is 1. The van der Waals surface area contributed by atoms with Crippen LogP contribution in [0.25, 0.3) is 5.57 Å². The molecule has 1 fully saturated rings. The van der Waals surface area contributed by atoms with E-state index in [0.717, 1.165) is 24.3 Å². The van der Waals surface area contributed by atoms with E-state index in [-0.39, 0.29) is 29.9 Å². The first-order valence-corrected chi connectivity index (χ1v) is 10.5. The molecule has 13 heteroatoms. The molecule has 1 aliphatic heterocycles. The highest BCUT2D eigenvalue weighted by Gasteiger charge is 2.43. The maximum absolute atomic E-state index is 14.0. The van der Waals surface area contributed by atoms with Crippen molar-refractivity contribution in [1.82, 2.24) is 4.98 Å². The summed E-state index contributed by atoms with van der Waals surface area (Å²) in [5, 5.41) is 32.7. The number of aliphatic hydroxyl groups is 3. The fourth-order valence-electron chi connectivity index (χ4n) is 3.94. The highest BCUT2D eigenvalue weighted by molar-refractivity contribution is 5.69. The lowest BCUT2D eigenvalue weighted by Gasteiger charge is -2.25. The van der Waals surface area contributed by atoms with Gasteiger partial charge in [0.2, 0.25) is 0 Å². The summed E-state index contributed by atoms with van der Waals surface area (Å²) in [7, 11) is 0. The first-order chi connectivity index (χ1) is 16.4. The molecule has 0 amide bonds. The van der Waals surface area contributed by atoms with Crippen LogP contribution in [-0.4, -0.2) is 64.0 Å².